The van der Waals surface area contributed by atoms with Gasteiger partial charge in [0.2, 0.25) is 15.9 Å². The van der Waals surface area contributed by atoms with Crippen LogP contribution in [0, 0.1) is 0 Å². The lowest BCUT2D eigenvalue weighted by molar-refractivity contribution is -0.127. The minimum absolute atomic E-state index is 0.0810. The Kier molecular flexibility index (Phi) is 4.97. The van der Waals surface area contributed by atoms with Crippen LogP contribution in [0.25, 0.3) is 0 Å². The van der Waals surface area contributed by atoms with Crippen LogP contribution < -0.4 is 10.5 Å². The van der Waals surface area contributed by atoms with Crippen LogP contribution in [0.1, 0.15) is 40.5 Å². The number of rotatable bonds is 3. The number of sulfonamides is 1. The first-order valence-electron chi connectivity index (χ1n) is 6.58. The van der Waals surface area contributed by atoms with E-state index in [1.54, 1.807) is 6.92 Å². The van der Waals surface area contributed by atoms with Crippen molar-refractivity contribution in [1.29, 1.82) is 0 Å². The Balaban J connectivity index is 2.67. The van der Waals surface area contributed by atoms with Crippen molar-refractivity contribution < 1.29 is 13.2 Å². The summed E-state index contributed by atoms with van der Waals surface area (Å²) in [5.41, 5.74) is -0.291. The fourth-order valence-electron chi connectivity index (χ4n) is 2.23. The summed E-state index contributed by atoms with van der Waals surface area (Å²) in [5.74, 6) is -0.0810. The average molecular weight is 291 g/mol. The molecule has 2 atom stereocenters. The van der Waals surface area contributed by atoms with Gasteiger partial charge in [-0.2, -0.15) is 0 Å². The van der Waals surface area contributed by atoms with Crippen molar-refractivity contribution in [1.82, 2.24) is 10.2 Å². The number of carbonyl (C=O) groups is 1. The van der Waals surface area contributed by atoms with Crippen molar-refractivity contribution in [2.45, 2.75) is 57.4 Å². The van der Waals surface area contributed by atoms with E-state index >= 15 is 0 Å². The molecule has 1 aliphatic heterocycles. The number of nitrogens with one attached hydrogen (secondary N) is 1. The molecule has 3 N–H and O–H groups in total. The van der Waals surface area contributed by atoms with Gasteiger partial charge in [0.1, 0.15) is 0 Å². The fraction of sp³-hybridized carbons (Fsp3) is 0.917. The van der Waals surface area contributed by atoms with Crippen molar-refractivity contribution in [3.63, 3.8) is 0 Å². The first-order valence-corrected chi connectivity index (χ1v) is 8.19. The second-order valence-electron chi connectivity index (χ2n) is 6.26. The maximum atomic E-state index is 12.1. The quantitative estimate of drug-likeness (QED) is 0.768. The molecule has 1 amide bonds. The highest BCUT2D eigenvalue weighted by molar-refractivity contribution is 7.89. The lowest BCUT2D eigenvalue weighted by Gasteiger charge is -2.36. The fourth-order valence-corrected chi connectivity index (χ4v) is 3.12. The number of hydrogen-bond acceptors (Lipinski definition) is 4. The molecule has 0 saturated carbocycles. The second kappa shape index (κ2) is 5.76. The van der Waals surface area contributed by atoms with Crippen molar-refractivity contribution in [3.05, 3.63) is 0 Å². The van der Waals surface area contributed by atoms with Crippen LogP contribution in [0.5, 0.6) is 0 Å². The number of likely N-dealkylation sites (tertiary alicyclic amines) is 1. The van der Waals surface area contributed by atoms with E-state index in [2.05, 4.69) is 5.32 Å². The molecule has 0 aliphatic carbocycles. The number of nitrogens with zero attached hydrogens (tertiary/aromatic N) is 1. The summed E-state index contributed by atoms with van der Waals surface area (Å²) in [6.45, 7) is 8.61. The molecule has 7 heteroatoms. The Morgan fingerprint density at radius 1 is 1.42 bits per heavy atom. The zero-order chi connectivity index (χ0) is 14.8. The third-order valence-electron chi connectivity index (χ3n) is 3.30. The van der Waals surface area contributed by atoms with E-state index in [1.165, 1.54) is 0 Å². The summed E-state index contributed by atoms with van der Waals surface area (Å²) in [7, 11) is -3.53. The Hall–Kier alpha value is -0.660. The maximum Gasteiger partial charge on any atom is 0.237 e. The van der Waals surface area contributed by atoms with Gasteiger partial charge in [0, 0.05) is 12.1 Å². The summed E-state index contributed by atoms with van der Waals surface area (Å²) in [6.07, 6.45) is 1.32. The van der Waals surface area contributed by atoms with Gasteiger partial charge in [-0.05, 0) is 47.1 Å². The number of piperidine rings is 1. The molecule has 0 aromatic rings. The molecule has 6 nitrogen and oxygen atoms in total. The first-order chi connectivity index (χ1) is 8.50. The summed E-state index contributed by atoms with van der Waals surface area (Å²) in [5, 5.41) is 7.54. The number of primary sulfonamides is 1. The Bertz CT molecular complexity index is 428. The standard InChI is InChI=1S/C12H25N3O3S/c1-9(11(16)14-12(2,3)4)15-7-5-6-10(8-15)19(13,17)18/h9-10H,5-8H2,1-4H3,(H,14,16)(H2,13,17,18)/t9-,10+/m1/s1. The first kappa shape index (κ1) is 16.4. The van der Waals surface area contributed by atoms with Gasteiger partial charge in [-0.3, -0.25) is 9.69 Å². The van der Waals surface area contributed by atoms with E-state index in [0.717, 1.165) is 13.0 Å². The molecule has 0 aromatic carbocycles. The minimum atomic E-state index is -3.53. The molecule has 0 aromatic heterocycles. The van der Waals surface area contributed by atoms with Crippen molar-refractivity contribution in [3.8, 4) is 0 Å². The van der Waals surface area contributed by atoms with E-state index in [1.807, 2.05) is 25.7 Å². The molecule has 1 heterocycles. The highest BCUT2D eigenvalue weighted by atomic mass is 32.2. The highest BCUT2D eigenvalue weighted by Crippen LogP contribution is 2.17. The predicted molar refractivity (Wildman–Crippen MR) is 75.1 cm³/mol. The number of hydrogen-bond donors (Lipinski definition) is 2. The monoisotopic (exact) mass is 291 g/mol. The molecule has 1 saturated heterocycles. The van der Waals surface area contributed by atoms with E-state index in [-0.39, 0.29) is 17.5 Å². The molecule has 112 valence electrons. The Morgan fingerprint density at radius 3 is 2.47 bits per heavy atom. The third-order valence-corrected chi connectivity index (χ3v) is 4.61. The van der Waals surface area contributed by atoms with Crippen molar-refractivity contribution in [2.24, 2.45) is 5.14 Å². The van der Waals surface area contributed by atoms with Gasteiger partial charge in [0.05, 0.1) is 11.3 Å². The number of nitrogens with two attached hydrogens (primary N) is 1. The summed E-state index contributed by atoms with van der Waals surface area (Å²) in [6, 6.07) is -0.344. The Morgan fingerprint density at radius 2 is 2.00 bits per heavy atom. The molecular weight excluding hydrogens is 266 g/mol. The molecule has 1 rings (SSSR count). The lowest BCUT2D eigenvalue weighted by Crippen LogP contribution is -2.55. The maximum absolute atomic E-state index is 12.1. The van der Waals surface area contributed by atoms with Crippen LogP contribution in [0.2, 0.25) is 0 Å². The topological polar surface area (TPSA) is 92.5 Å². The number of carbonyl (C=O) groups excluding carboxylic acids is 1. The normalized spacial score (nSPS) is 23.9. The highest BCUT2D eigenvalue weighted by Gasteiger charge is 2.33. The molecular formula is C12H25N3O3S. The molecule has 1 aliphatic rings. The zero-order valence-electron chi connectivity index (χ0n) is 12.1. The van der Waals surface area contributed by atoms with Crippen LogP contribution >= 0.6 is 0 Å². The third kappa shape index (κ3) is 5.08. The van der Waals surface area contributed by atoms with Crippen LogP contribution in [-0.4, -0.2) is 49.1 Å². The van der Waals surface area contributed by atoms with E-state index < -0.39 is 15.3 Å². The van der Waals surface area contributed by atoms with Crippen molar-refractivity contribution in [2.75, 3.05) is 13.1 Å². The SMILES string of the molecule is C[C@H](C(=O)NC(C)(C)C)N1CCC[C@H](S(N)(=O)=O)C1. The summed E-state index contributed by atoms with van der Waals surface area (Å²) < 4.78 is 22.8. The zero-order valence-corrected chi connectivity index (χ0v) is 13.0. The summed E-state index contributed by atoms with van der Waals surface area (Å²) >= 11 is 0. The van der Waals surface area contributed by atoms with E-state index in [0.29, 0.717) is 13.0 Å². The molecule has 1 fully saturated rings. The van der Waals surface area contributed by atoms with Crippen LogP contribution in [0.15, 0.2) is 0 Å². The molecule has 0 spiro atoms. The van der Waals surface area contributed by atoms with E-state index in [9.17, 15) is 13.2 Å². The Labute approximate surface area is 115 Å². The van der Waals surface area contributed by atoms with E-state index in [4.69, 9.17) is 5.14 Å². The van der Waals surface area contributed by atoms with Gasteiger partial charge in [-0.25, -0.2) is 13.6 Å². The smallest absolute Gasteiger partial charge is 0.237 e. The van der Waals surface area contributed by atoms with Gasteiger partial charge in [-0.15, -0.1) is 0 Å². The van der Waals surface area contributed by atoms with Crippen molar-refractivity contribution >= 4 is 15.9 Å². The van der Waals surface area contributed by atoms with Crippen LogP contribution in [0.3, 0.4) is 0 Å². The summed E-state index contributed by atoms with van der Waals surface area (Å²) in [4.78, 5) is 14.0. The van der Waals surface area contributed by atoms with Crippen LogP contribution in [0.4, 0.5) is 0 Å². The van der Waals surface area contributed by atoms with Gasteiger partial charge < -0.3 is 5.32 Å². The average Bonchev–Trinajstić information content (AvgIpc) is 2.24. The van der Waals surface area contributed by atoms with Gasteiger partial charge in [-0.1, -0.05) is 0 Å². The number of amides is 1. The van der Waals surface area contributed by atoms with Gasteiger partial charge >= 0.3 is 0 Å². The minimum Gasteiger partial charge on any atom is -0.350 e. The van der Waals surface area contributed by atoms with Gasteiger partial charge in [0.25, 0.3) is 0 Å². The van der Waals surface area contributed by atoms with Gasteiger partial charge in [0.15, 0.2) is 0 Å². The predicted octanol–water partition coefficient (Wildman–Crippen LogP) is 0.0425. The molecule has 0 bridgehead atoms. The van der Waals surface area contributed by atoms with Crippen LogP contribution in [-0.2, 0) is 14.8 Å². The molecule has 0 radical (unpaired) electrons. The molecule has 0 unspecified atom stereocenters. The largest absolute Gasteiger partial charge is 0.350 e. The second-order valence-corrected chi connectivity index (χ2v) is 8.11. The lowest BCUT2D eigenvalue weighted by atomic mass is 10.1. The molecule has 19 heavy (non-hydrogen) atoms.